The lowest BCUT2D eigenvalue weighted by atomic mass is 9.91. The molecule has 0 unspecified atom stereocenters. The van der Waals surface area contributed by atoms with Crippen molar-refractivity contribution in [2.75, 3.05) is 45.2 Å². The third-order valence-electron chi connectivity index (χ3n) is 7.38. The number of nitriles is 1. The number of hydrogen-bond donors (Lipinski definition) is 2. The number of aromatic nitrogens is 2. The van der Waals surface area contributed by atoms with E-state index >= 15 is 0 Å². The van der Waals surface area contributed by atoms with Gasteiger partial charge < -0.3 is 24.8 Å². The Labute approximate surface area is 239 Å². The summed E-state index contributed by atoms with van der Waals surface area (Å²) in [5, 5.41) is 16.7. The van der Waals surface area contributed by atoms with Crippen molar-refractivity contribution in [2.45, 2.75) is 57.4 Å². The third kappa shape index (κ3) is 8.46. The summed E-state index contributed by atoms with van der Waals surface area (Å²) < 4.78 is 46.8. The molecule has 218 valence electrons. The number of ether oxygens (including phenoxy) is 1. The van der Waals surface area contributed by atoms with Gasteiger partial charge in [0.15, 0.2) is 0 Å². The molecule has 1 saturated heterocycles. The Hall–Kier alpha value is -3.57. The van der Waals surface area contributed by atoms with Crippen LogP contribution in [0.5, 0.6) is 0 Å². The Morgan fingerprint density at radius 2 is 1.90 bits per heavy atom. The molecular formula is C31H37F3N6O. The monoisotopic (exact) mass is 566 g/mol. The number of halogens is 3. The molecule has 1 aromatic carbocycles. The lowest BCUT2D eigenvalue weighted by Gasteiger charge is -2.32. The molecule has 41 heavy (non-hydrogen) atoms. The van der Waals surface area contributed by atoms with E-state index in [9.17, 15) is 18.4 Å². The highest BCUT2D eigenvalue weighted by molar-refractivity contribution is 5.83. The molecule has 1 aliphatic heterocycles. The first-order valence-electron chi connectivity index (χ1n) is 13.8. The van der Waals surface area contributed by atoms with Gasteiger partial charge in [0.25, 0.3) is 0 Å². The van der Waals surface area contributed by atoms with Gasteiger partial charge in [0.1, 0.15) is 6.54 Å². The zero-order valence-corrected chi connectivity index (χ0v) is 23.8. The molecule has 0 amide bonds. The molecule has 0 radical (unpaired) electrons. The second kappa shape index (κ2) is 13.4. The van der Waals surface area contributed by atoms with Crippen molar-refractivity contribution in [1.29, 1.82) is 5.26 Å². The summed E-state index contributed by atoms with van der Waals surface area (Å²) in [5.41, 5.74) is 2.53. The normalized spacial score (nSPS) is 15.0. The number of benzene rings is 1. The van der Waals surface area contributed by atoms with Crippen LogP contribution in [0.15, 0.2) is 42.6 Å². The fourth-order valence-corrected chi connectivity index (χ4v) is 4.93. The van der Waals surface area contributed by atoms with Gasteiger partial charge in [-0.1, -0.05) is 12.0 Å². The van der Waals surface area contributed by atoms with E-state index < -0.39 is 18.1 Å². The molecule has 10 heteroatoms. The van der Waals surface area contributed by atoms with Crippen LogP contribution >= 0.6 is 0 Å². The maximum Gasteiger partial charge on any atom is 0.406 e. The SMILES string of the molecule is COCCN1CCC(NCc2ccc3c(c2)cc(C#CCNc2ccc(C(C)(C)C#N)nc2)n3CC(F)(F)F)CC1. The topological polar surface area (TPSA) is 78.1 Å². The van der Waals surface area contributed by atoms with Crippen molar-refractivity contribution in [3.63, 3.8) is 0 Å². The van der Waals surface area contributed by atoms with Crippen molar-refractivity contribution < 1.29 is 17.9 Å². The van der Waals surface area contributed by atoms with E-state index in [1.54, 1.807) is 45.4 Å². The third-order valence-corrected chi connectivity index (χ3v) is 7.38. The maximum atomic E-state index is 13.5. The van der Waals surface area contributed by atoms with E-state index in [1.807, 2.05) is 18.2 Å². The summed E-state index contributed by atoms with van der Waals surface area (Å²) >= 11 is 0. The van der Waals surface area contributed by atoms with Crippen LogP contribution in [0.1, 0.15) is 43.6 Å². The van der Waals surface area contributed by atoms with Gasteiger partial charge >= 0.3 is 6.18 Å². The Balaban J connectivity index is 1.41. The second-order valence-corrected chi connectivity index (χ2v) is 10.9. The van der Waals surface area contributed by atoms with E-state index in [2.05, 4.69) is 38.4 Å². The Bertz CT molecular complexity index is 1400. The fraction of sp³-hybridized carbons (Fsp3) is 0.484. The van der Waals surface area contributed by atoms with Gasteiger partial charge in [0.05, 0.1) is 47.9 Å². The minimum absolute atomic E-state index is 0.232. The van der Waals surface area contributed by atoms with Crippen LogP contribution in [-0.4, -0.2) is 66.6 Å². The molecule has 2 N–H and O–H groups in total. The van der Waals surface area contributed by atoms with E-state index in [-0.39, 0.29) is 6.54 Å². The van der Waals surface area contributed by atoms with Crippen molar-refractivity contribution in [2.24, 2.45) is 0 Å². The zero-order chi connectivity index (χ0) is 29.5. The lowest BCUT2D eigenvalue weighted by Crippen LogP contribution is -2.43. The number of fused-ring (bicyclic) bond motifs is 1. The van der Waals surface area contributed by atoms with E-state index in [0.717, 1.165) is 50.0 Å². The minimum atomic E-state index is -4.37. The summed E-state index contributed by atoms with van der Waals surface area (Å²) in [4.78, 5) is 6.74. The first-order valence-corrected chi connectivity index (χ1v) is 13.8. The number of piperidine rings is 1. The Morgan fingerprint density at radius 3 is 2.56 bits per heavy atom. The first-order chi connectivity index (χ1) is 19.6. The van der Waals surface area contributed by atoms with E-state index in [4.69, 9.17) is 4.74 Å². The highest BCUT2D eigenvalue weighted by Gasteiger charge is 2.29. The molecule has 1 aliphatic rings. The molecule has 3 aromatic rings. The van der Waals surface area contributed by atoms with Gasteiger partial charge in [-0.25, -0.2) is 0 Å². The predicted molar refractivity (Wildman–Crippen MR) is 154 cm³/mol. The average Bonchev–Trinajstić information content (AvgIpc) is 3.28. The molecule has 1 fully saturated rings. The standard InChI is InChI=1S/C31H37F3N6O/c1-30(2,21-35)29-9-7-26(20-38-29)36-12-4-5-27-18-24-17-23(6-8-28(24)40(27)22-31(32,33)34)19-37-25-10-13-39(14-11-25)15-16-41-3/h6-9,17-18,20,25,36-37H,10-16,19,22H2,1-3H3. The summed E-state index contributed by atoms with van der Waals surface area (Å²) in [6.07, 6.45) is -0.639. The van der Waals surface area contributed by atoms with Crippen LogP contribution in [-0.2, 0) is 23.2 Å². The molecule has 0 aliphatic carbocycles. The highest BCUT2D eigenvalue weighted by Crippen LogP contribution is 2.27. The molecule has 3 heterocycles. The summed E-state index contributed by atoms with van der Waals surface area (Å²) in [6, 6.07) is 13.5. The van der Waals surface area contributed by atoms with E-state index in [0.29, 0.717) is 35.2 Å². The number of methoxy groups -OCH3 is 1. The van der Waals surface area contributed by atoms with Crippen molar-refractivity contribution >= 4 is 16.6 Å². The van der Waals surface area contributed by atoms with Gasteiger partial charge in [-0.15, -0.1) is 0 Å². The van der Waals surface area contributed by atoms with Crippen LogP contribution < -0.4 is 10.6 Å². The van der Waals surface area contributed by atoms with Crippen molar-refractivity contribution in [1.82, 2.24) is 19.8 Å². The Kier molecular flexibility index (Phi) is 9.93. The fourth-order valence-electron chi connectivity index (χ4n) is 4.93. The van der Waals surface area contributed by atoms with Crippen LogP contribution in [0.2, 0.25) is 0 Å². The van der Waals surface area contributed by atoms with Gasteiger partial charge in [0.2, 0.25) is 0 Å². The van der Waals surface area contributed by atoms with Crippen LogP contribution in [0.4, 0.5) is 18.9 Å². The molecule has 0 spiro atoms. The van der Waals surface area contributed by atoms with Gasteiger partial charge in [-0.2, -0.15) is 18.4 Å². The van der Waals surface area contributed by atoms with E-state index in [1.165, 1.54) is 4.57 Å². The second-order valence-electron chi connectivity index (χ2n) is 10.9. The molecule has 0 atom stereocenters. The largest absolute Gasteiger partial charge is 0.406 e. The van der Waals surface area contributed by atoms with Crippen LogP contribution in [0.3, 0.4) is 0 Å². The number of rotatable bonds is 10. The van der Waals surface area contributed by atoms with Gasteiger partial charge in [0, 0.05) is 37.1 Å². The smallest absolute Gasteiger partial charge is 0.383 e. The number of nitrogens with one attached hydrogen (secondary N) is 2. The molecule has 0 bridgehead atoms. The minimum Gasteiger partial charge on any atom is -0.383 e. The Morgan fingerprint density at radius 1 is 1.12 bits per heavy atom. The summed E-state index contributed by atoms with van der Waals surface area (Å²) in [7, 11) is 1.72. The maximum absolute atomic E-state index is 13.5. The quantitative estimate of drug-likeness (QED) is 0.334. The van der Waals surface area contributed by atoms with Crippen LogP contribution in [0, 0.1) is 23.2 Å². The first kappa shape index (κ1) is 30.4. The number of hydrogen-bond acceptors (Lipinski definition) is 6. The number of anilines is 1. The molecule has 2 aromatic heterocycles. The molecule has 7 nitrogen and oxygen atoms in total. The molecular weight excluding hydrogens is 529 g/mol. The molecule has 4 rings (SSSR count). The number of pyridine rings is 1. The molecule has 0 saturated carbocycles. The zero-order valence-electron chi connectivity index (χ0n) is 23.8. The number of nitrogens with zero attached hydrogens (tertiary/aromatic N) is 4. The number of likely N-dealkylation sites (tertiary alicyclic amines) is 1. The van der Waals surface area contributed by atoms with Crippen molar-refractivity contribution in [3.8, 4) is 17.9 Å². The highest BCUT2D eigenvalue weighted by atomic mass is 19.4. The number of alkyl halides is 3. The summed E-state index contributed by atoms with van der Waals surface area (Å²) in [5.74, 6) is 5.86. The summed E-state index contributed by atoms with van der Waals surface area (Å²) in [6.45, 7) is 7.11. The van der Waals surface area contributed by atoms with Crippen LogP contribution in [0.25, 0.3) is 10.9 Å². The van der Waals surface area contributed by atoms with Crippen molar-refractivity contribution in [3.05, 3.63) is 59.5 Å². The van der Waals surface area contributed by atoms with Gasteiger partial charge in [-0.3, -0.25) is 4.98 Å². The van der Waals surface area contributed by atoms with Gasteiger partial charge in [-0.05, 0) is 81.6 Å². The average molecular weight is 567 g/mol. The predicted octanol–water partition coefficient (Wildman–Crippen LogP) is 5.06. The lowest BCUT2D eigenvalue weighted by molar-refractivity contribution is -0.140.